The van der Waals surface area contributed by atoms with E-state index in [0.717, 1.165) is 31.4 Å². The van der Waals surface area contributed by atoms with Crippen molar-refractivity contribution >= 4 is 11.8 Å². The standard InChI is InChI=1S/C19H26N4O3/c1-21-11-15(8-17(21)24)19(26)22-6-4-13(5-7-22)10-23-12-20-16(9-18(23)25)14-2-3-14/h9,12-15H,2-8,10-11H2,1H3. The van der Waals surface area contributed by atoms with Crippen molar-refractivity contribution in [3.05, 3.63) is 28.4 Å². The van der Waals surface area contributed by atoms with Gasteiger partial charge < -0.3 is 9.80 Å². The van der Waals surface area contributed by atoms with Crippen LogP contribution >= 0.6 is 0 Å². The lowest BCUT2D eigenvalue weighted by Crippen LogP contribution is -2.43. The fraction of sp³-hybridized carbons (Fsp3) is 0.684. The molecule has 0 bridgehead atoms. The quantitative estimate of drug-likeness (QED) is 0.799. The minimum absolute atomic E-state index is 0.0351. The SMILES string of the molecule is CN1CC(C(=O)N2CCC(Cn3cnc(C4CC4)cc3=O)CC2)CC1=O. The summed E-state index contributed by atoms with van der Waals surface area (Å²) in [6.07, 6.45) is 6.09. The Morgan fingerprint density at radius 3 is 2.50 bits per heavy atom. The van der Waals surface area contributed by atoms with E-state index in [9.17, 15) is 14.4 Å². The van der Waals surface area contributed by atoms with E-state index in [2.05, 4.69) is 4.98 Å². The van der Waals surface area contributed by atoms with Gasteiger partial charge in [0, 0.05) is 51.6 Å². The number of amides is 2. The predicted octanol–water partition coefficient (Wildman–Crippen LogP) is 0.838. The molecule has 7 heteroatoms. The molecular weight excluding hydrogens is 332 g/mol. The highest BCUT2D eigenvalue weighted by Crippen LogP contribution is 2.38. The van der Waals surface area contributed by atoms with E-state index in [0.29, 0.717) is 44.4 Å². The molecule has 3 heterocycles. The summed E-state index contributed by atoms with van der Waals surface area (Å²) in [7, 11) is 1.75. The van der Waals surface area contributed by atoms with Crippen molar-refractivity contribution < 1.29 is 9.59 Å². The first-order valence-corrected chi connectivity index (χ1v) is 9.60. The van der Waals surface area contributed by atoms with Crippen LogP contribution in [-0.4, -0.2) is 57.8 Å². The predicted molar refractivity (Wildman–Crippen MR) is 95.5 cm³/mol. The monoisotopic (exact) mass is 358 g/mol. The van der Waals surface area contributed by atoms with E-state index in [1.807, 2.05) is 4.90 Å². The molecule has 0 N–H and O–H groups in total. The van der Waals surface area contributed by atoms with Gasteiger partial charge in [0.2, 0.25) is 11.8 Å². The summed E-state index contributed by atoms with van der Waals surface area (Å²) in [5.41, 5.74) is 0.968. The van der Waals surface area contributed by atoms with Gasteiger partial charge in [0.1, 0.15) is 0 Å². The van der Waals surface area contributed by atoms with E-state index in [1.165, 1.54) is 0 Å². The molecule has 1 aromatic heterocycles. The Morgan fingerprint density at radius 1 is 1.19 bits per heavy atom. The second kappa shape index (κ2) is 6.85. The summed E-state index contributed by atoms with van der Waals surface area (Å²) in [6.45, 7) is 2.62. The normalized spacial score (nSPS) is 24.3. The highest BCUT2D eigenvalue weighted by molar-refractivity contribution is 5.89. The number of hydrogen-bond donors (Lipinski definition) is 0. The average molecular weight is 358 g/mol. The molecule has 0 radical (unpaired) electrons. The molecule has 2 aliphatic heterocycles. The highest BCUT2D eigenvalue weighted by atomic mass is 16.2. The lowest BCUT2D eigenvalue weighted by atomic mass is 9.95. The third kappa shape index (κ3) is 3.52. The maximum Gasteiger partial charge on any atom is 0.253 e. The lowest BCUT2D eigenvalue weighted by Gasteiger charge is -2.33. The van der Waals surface area contributed by atoms with Gasteiger partial charge in [-0.2, -0.15) is 0 Å². The number of rotatable bonds is 4. The zero-order valence-electron chi connectivity index (χ0n) is 15.3. The Morgan fingerprint density at radius 2 is 1.92 bits per heavy atom. The zero-order valence-corrected chi connectivity index (χ0v) is 15.3. The minimum atomic E-state index is -0.189. The van der Waals surface area contributed by atoms with Gasteiger partial charge in [-0.05, 0) is 31.6 Å². The molecule has 1 atom stereocenters. The molecule has 2 saturated heterocycles. The molecule has 140 valence electrons. The van der Waals surface area contributed by atoms with Gasteiger partial charge in [-0.25, -0.2) is 4.98 Å². The summed E-state index contributed by atoms with van der Waals surface area (Å²) in [5, 5.41) is 0. The van der Waals surface area contributed by atoms with Gasteiger partial charge in [-0.3, -0.25) is 19.0 Å². The summed E-state index contributed by atoms with van der Waals surface area (Å²) in [6, 6.07) is 1.68. The number of nitrogens with zero attached hydrogens (tertiary/aromatic N) is 4. The van der Waals surface area contributed by atoms with Crippen molar-refractivity contribution in [1.29, 1.82) is 0 Å². The van der Waals surface area contributed by atoms with Gasteiger partial charge in [-0.1, -0.05) is 0 Å². The van der Waals surface area contributed by atoms with Crippen molar-refractivity contribution in [3.63, 3.8) is 0 Å². The van der Waals surface area contributed by atoms with Crippen molar-refractivity contribution in [2.75, 3.05) is 26.7 Å². The third-order valence-corrected chi connectivity index (χ3v) is 5.97. The number of likely N-dealkylation sites (tertiary alicyclic amines) is 2. The first-order chi connectivity index (χ1) is 12.5. The number of piperidine rings is 1. The molecule has 4 rings (SSSR count). The number of carbonyl (C=O) groups is 2. The molecule has 1 aliphatic carbocycles. The van der Waals surface area contributed by atoms with Crippen LogP contribution in [0, 0.1) is 11.8 Å². The van der Waals surface area contributed by atoms with E-state index in [4.69, 9.17) is 0 Å². The molecule has 1 saturated carbocycles. The van der Waals surface area contributed by atoms with E-state index < -0.39 is 0 Å². The number of hydrogen-bond acceptors (Lipinski definition) is 4. The molecule has 0 aromatic carbocycles. The molecule has 1 unspecified atom stereocenters. The van der Waals surface area contributed by atoms with Crippen LogP contribution in [0.2, 0.25) is 0 Å². The first-order valence-electron chi connectivity index (χ1n) is 9.60. The van der Waals surface area contributed by atoms with Gasteiger partial charge in [-0.15, -0.1) is 0 Å². The Bertz CT molecular complexity index is 762. The van der Waals surface area contributed by atoms with Crippen LogP contribution in [0.3, 0.4) is 0 Å². The maximum atomic E-state index is 12.6. The Hall–Kier alpha value is -2.18. The van der Waals surface area contributed by atoms with E-state index in [-0.39, 0.29) is 23.3 Å². The van der Waals surface area contributed by atoms with Crippen LogP contribution in [0.5, 0.6) is 0 Å². The van der Waals surface area contributed by atoms with Gasteiger partial charge in [0.05, 0.1) is 17.9 Å². The van der Waals surface area contributed by atoms with Crippen LogP contribution in [-0.2, 0) is 16.1 Å². The van der Waals surface area contributed by atoms with Crippen molar-refractivity contribution in [3.8, 4) is 0 Å². The summed E-state index contributed by atoms with van der Waals surface area (Å²) >= 11 is 0. The van der Waals surface area contributed by atoms with Crippen LogP contribution in [0.25, 0.3) is 0 Å². The van der Waals surface area contributed by atoms with Crippen molar-refractivity contribution in [2.45, 2.75) is 44.6 Å². The topological polar surface area (TPSA) is 75.5 Å². The minimum Gasteiger partial charge on any atom is -0.345 e. The van der Waals surface area contributed by atoms with Crippen molar-refractivity contribution in [1.82, 2.24) is 19.4 Å². The third-order valence-electron chi connectivity index (χ3n) is 5.97. The lowest BCUT2D eigenvalue weighted by molar-refractivity contribution is -0.137. The number of carbonyl (C=O) groups excluding carboxylic acids is 2. The molecule has 3 aliphatic rings. The molecule has 3 fully saturated rings. The smallest absolute Gasteiger partial charge is 0.253 e. The van der Waals surface area contributed by atoms with Crippen LogP contribution < -0.4 is 5.56 Å². The van der Waals surface area contributed by atoms with Crippen LogP contribution in [0.1, 0.15) is 43.7 Å². The van der Waals surface area contributed by atoms with E-state index in [1.54, 1.807) is 28.9 Å². The molecule has 7 nitrogen and oxygen atoms in total. The summed E-state index contributed by atoms with van der Waals surface area (Å²) < 4.78 is 1.71. The molecule has 1 aromatic rings. The second-order valence-corrected chi connectivity index (χ2v) is 8.02. The zero-order chi connectivity index (χ0) is 18.3. The Labute approximate surface area is 153 Å². The average Bonchev–Trinajstić information content (AvgIpc) is 3.43. The van der Waals surface area contributed by atoms with Gasteiger partial charge in [0.15, 0.2) is 0 Å². The Kier molecular flexibility index (Phi) is 4.54. The first kappa shape index (κ1) is 17.2. The second-order valence-electron chi connectivity index (χ2n) is 8.02. The van der Waals surface area contributed by atoms with Gasteiger partial charge in [0.25, 0.3) is 5.56 Å². The largest absolute Gasteiger partial charge is 0.345 e. The van der Waals surface area contributed by atoms with Crippen LogP contribution in [0.4, 0.5) is 0 Å². The molecular formula is C19H26N4O3. The van der Waals surface area contributed by atoms with E-state index >= 15 is 0 Å². The fourth-order valence-corrected chi connectivity index (χ4v) is 4.08. The van der Waals surface area contributed by atoms with Crippen LogP contribution in [0.15, 0.2) is 17.2 Å². The van der Waals surface area contributed by atoms with Crippen molar-refractivity contribution in [2.24, 2.45) is 11.8 Å². The maximum absolute atomic E-state index is 12.6. The summed E-state index contributed by atoms with van der Waals surface area (Å²) in [4.78, 5) is 44.5. The highest BCUT2D eigenvalue weighted by Gasteiger charge is 2.36. The van der Waals surface area contributed by atoms with Gasteiger partial charge >= 0.3 is 0 Å². The molecule has 0 spiro atoms. The molecule has 26 heavy (non-hydrogen) atoms. The fourth-order valence-electron chi connectivity index (χ4n) is 4.08. The molecule has 2 amide bonds. The Balaban J connectivity index is 1.30. The summed E-state index contributed by atoms with van der Waals surface area (Å²) in [5.74, 6) is 0.852. The number of aromatic nitrogens is 2.